The Kier molecular flexibility index (Phi) is 6.06. The Bertz CT molecular complexity index is 653. The zero-order chi connectivity index (χ0) is 17.6. The van der Waals surface area contributed by atoms with E-state index in [0.29, 0.717) is 11.5 Å². The third kappa shape index (κ3) is 5.04. The second-order valence-electron chi connectivity index (χ2n) is 7.14. The molecule has 25 heavy (non-hydrogen) atoms. The monoisotopic (exact) mass is 344 g/mol. The van der Waals surface area contributed by atoms with Gasteiger partial charge in [-0.2, -0.15) is 0 Å². The highest BCUT2D eigenvalue weighted by Crippen LogP contribution is 2.37. The maximum atomic E-state index is 13.2. The van der Waals surface area contributed by atoms with Gasteiger partial charge in [-0.05, 0) is 72.9 Å². The van der Waals surface area contributed by atoms with Gasteiger partial charge < -0.3 is 4.74 Å². The fourth-order valence-corrected chi connectivity index (χ4v) is 3.89. The first-order valence-corrected chi connectivity index (χ1v) is 9.31. The predicted molar refractivity (Wildman–Crippen MR) is 96.7 cm³/mol. The first-order chi connectivity index (χ1) is 12.1. The van der Waals surface area contributed by atoms with Crippen LogP contribution in [-0.4, -0.2) is 0 Å². The summed E-state index contributed by atoms with van der Waals surface area (Å²) in [5.41, 5.74) is 1.87. The average Bonchev–Trinajstić information content (AvgIpc) is 2.61. The van der Waals surface area contributed by atoms with E-state index in [0.717, 1.165) is 17.7 Å². The van der Waals surface area contributed by atoms with Crippen LogP contribution in [-0.2, 0) is 6.61 Å². The first-order valence-electron chi connectivity index (χ1n) is 9.31. The number of halogens is 2. The van der Waals surface area contributed by atoms with Gasteiger partial charge in [0.2, 0.25) is 0 Å². The standard InChI is InChI=1S/C22H26F2O/c1-2-3-16-4-6-18(7-5-16)19-8-10-22(11-9-19)25-15-17-12-20(23)14-21(24)13-17/h8-14,16,18H,2-7,15H2,1H3. The second kappa shape index (κ2) is 8.46. The fourth-order valence-electron chi connectivity index (χ4n) is 3.89. The molecule has 0 bridgehead atoms. The normalized spacial score (nSPS) is 20.4. The highest BCUT2D eigenvalue weighted by atomic mass is 19.1. The lowest BCUT2D eigenvalue weighted by atomic mass is 9.77. The first kappa shape index (κ1) is 17.9. The van der Waals surface area contributed by atoms with Crippen molar-refractivity contribution in [1.29, 1.82) is 0 Å². The minimum absolute atomic E-state index is 0.163. The molecule has 1 aliphatic rings. The maximum Gasteiger partial charge on any atom is 0.126 e. The smallest absolute Gasteiger partial charge is 0.126 e. The Hall–Kier alpha value is -1.90. The van der Waals surface area contributed by atoms with Crippen molar-refractivity contribution in [2.24, 2.45) is 5.92 Å². The molecule has 134 valence electrons. The summed E-state index contributed by atoms with van der Waals surface area (Å²) in [6, 6.07) is 11.6. The second-order valence-corrected chi connectivity index (χ2v) is 7.14. The molecule has 0 unspecified atom stereocenters. The molecule has 0 N–H and O–H groups in total. The SMILES string of the molecule is CCCC1CCC(c2ccc(OCc3cc(F)cc(F)c3)cc2)CC1. The molecule has 0 aliphatic heterocycles. The molecule has 0 amide bonds. The van der Waals surface area contributed by atoms with E-state index in [1.165, 1.54) is 56.2 Å². The van der Waals surface area contributed by atoms with E-state index >= 15 is 0 Å². The van der Waals surface area contributed by atoms with E-state index in [4.69, 9.17) is 4.74 Å². The molecule has 0 aromatic heterocycles. The molecular weight excluding hydrogens is 318 g/mol. The minimum Gasteiger partial charge on any atom is -0.489 e. The predicted octanol–water partition coefficient (Wildman–Crippen LogP) is 6.62. The van der Waals surface area contributed by atoms with Gasteiger partial charge in [-0.1, -0.05) is 31.9 Å². The number of hydrogen-bond donors (Lipinski definition) is 0. The van der Waals surface area contributed by atoms with Gasteiger partial charge in [0.15, 0.2) is 0 Å². The molecule has 0 spiro atoms. The van der Waals surface area contributed by atoms with Crippen LogP contribution in [0.25, 0.3) is 0 Å². The van der Waals surface area contributed by atoms with Crippen molar-refractivity contribution in [3.8, 4) is 5.75 Å². The number of rotatable bonds is 6. The van der Waals surface area contributed by atoms with E-state index in [1.807, 2.05) is 12.1 Å². The van der Waals surface area contributed by atoms with E-state index in [1.54, 1.807) is 0 Å². The lowest BCUT2D eigenvalue weighted by Gasteiger charge is -2.28. The van der Waals surface area contributed by atoms with Crippen molar-refractivity contribution < 1.29 is 13.5 Å². The quantitative estimate of drug-likeness (QED) is 0.572. The molecule has 1 saturated carbocycles. The maximum absolute atomic E-state index is 13.2. The molecular formula is C22H26F2O. The number of benzene rings is 2. The van der Waals surface area contributed by atoms with Gasteiger partial charge in [-0.25, -0.2) is 8.78 Å². The fraction of sp³-hybridized carbons (Fsp3) is 0.455. The molecule has 0 radical (unpaired) electrons. The van der Waals surface area contributed by atoms with Crippen molar-refractivity contribution in [3.63, 3.8) is 0 Å². The lowest BCUT2D eigenvalue weighted by Crippen LogP contribution is -2.13. The average molecular weight is 344 g/mol. The minimum atomic E-state index is -0.576. The Morgan fingerprint density at radius 1 is 0.920 bits per heavy atom. The van der Waals surface area contributed by atoms with Gasteiger partial charge in [0, 0.05) is 6.07 Å². The Morgan fingerprint density at radius 3 is 2.16 bits per heavy atom. The Balaban J connectivity index is 1.54. The Labute approximate surface area is 149 Å². The van der Waals surface area contributed by atoms with Crippen molar-refractivity contribution in [2.45, 2.75) is 58.0 Å². The van der Waals surface area contributed by atoms with E-state index in [9.17, 15) is 8.78 Å². The highest BCUT2D eigenvalue weighted by Gasteiger charge is 2.21. The van der Waals surface area contributed by atoms with Crippen LogP contribution in [0.2, 0.25) is 0 Å². The zero-order valence-corrected chi connectivity index (χ0v) is 14.8. The van der Waals surface area contributed by atoms with Crippen LogP contribution in [0, 0.1) is 17.6 Å². The summed E-state index contributed by atoms with van der Waals surface area (Å²) in [6.45, 7) is 2.43. The lowest BCUT2D eigenvalue weighted by molar-refractivity contribution is 0.302. The van der Waals surface area contributed by atoms with E-state index < -0.39 is 11.6 Å². The van der Waals surface area contributed by atoms with Crippen molar-refractivity contribution in [1.82, 2.24) is 0 Å². The summed E-state index contributed by atoms with van der Waals surface area (Å²) in [5.74, 6) is 1.14. The molecule has 1 fully saturated rings. The van der Waals surface area contributed by atoms with Crippen molar-refractivity contribution in [2.75, 3.05) is 0 Å². The van der Waals surface area contributed by atoms with Crippen LogP contribution in [0.1, 0.15) is 62.5 Å². The van der Waals surface area contributed by atoms with Crippen molar-refractivity contribution in [3.05, 3.63) is 65.2 Å². The van der Waals surface area contributed by atoms with Gasteiger partial charge in [0.1, 0.15) is 24.0 Å². The number of hydrogen-bond acceptors (Lipinski definition) is 1. The van der Waals surface area contributed by atoms with Gasteiger partial charge in [-0.15, -0.1) is 0 Å². The van der Waals surface area contributed by atoms with Gasteiger partial charge in [0.25, 0.3) is 0 Å². The summed E-state index contributed by atoms with van der Waals surface area (Å²) in [5, 5.41) is 0. The molecule has 2 aromatic rings. The molecule has 0 saturated heterocycles. The zero-order valence-electron chi connectivity index (χ0n) is 14.8. The van der Waals surface area contributed by atoms with Crippen molar-refractivity contribution >= 4 is 0 Å². The van der Waals surface area contributed by atoms with Gasteiger partial charge >= 0.3 is 0 Å². The summed E-state index contributed by atoms with van der Waals surface area (Å²) < 4.78 is 32.0. The summed E-state index contributed by atoms with van der Waals surface area (Å²) >= 11 is 0. The number of ether oxygens (including phenoxy) is 1. The summed E-state index contributed by atoms with van der Waals surface area (Å²) in [4.78, 5) is 0. The van der Waals surface area contributed by atoms with E-state index in [2.05, 4.69) is 19.1 Å². The molecule has 0 heterocycles. The van der Waals surface area contributed by atoms with Crippen LogP contribution in [0.5, 0.6) is 5.75 Å². The topological polar surface area (TPSA) is 9.23 Å². The van der Waals surface area contributed by atoms with Gasteiger partial charge in [-0.3, -0.25) is 0 Å². The summed E-state index contributed by atoms with van der Waals surface area (Å²) in [6.07, 6.45) is 7.86. The van der Waals surface area contributed by atoms with Crippen LogP contribution in [0.15, 0.2) is 42.5 Å². The molecule has 3 rings (SSSR count). The molecule has 0 atom stereocenters. The van der Waals surface area contributed by atoms with Gasteiger partial charge in [0.05, 0.1) is 0 Å². The molecule has 1 nitrogen and oxygen atoms in total. The third-order valence-corrected chi connectivity index (χ3v) is 5.22. The van der Waals surface area contributed by atoms with Crippen LogP contribution in [0.3, 0.4) is 0 Å². The van der Waals surface area contributed by atoms with Crippen LogP contribution < -0.4 is 4.74 Å². The van der Waals surface area contributed by atoms with Crippen LogP contribution >= 0.6 is 0 Å². The summed E-state index contributed by atoms with van der Waals surface area (Å²) in [7, 11) is 0. The molecule has 1 aliphatic carbocycles. The molecule has 2 aromatic carbocycles. The molecule has 3 heteroatoms. The van der Waals surface area contributed by atoms with Crippen LogP contribution in [0.4, 0.5) is 8.78 Å². The third-order valence-electron chi connectivity index (χ3n) is 5.22. The Morgan fingerprint density at radius 2 is 1.56 bits per heavy atom. The largest absolute Gasteiger partial charge is 0.489 e. The highest BCUT2D eigenvalue weighted by molar-refractivity contribution is 5.30. The van der Waals surface area contributed by atoms with E-state index in [-0.39, 0.29) is 6.61 Å².